The summed E-state index contributed by atoms with van der Waals surface area (Å²) in [6.45, 7) is 7.52. The largest absolute Gasteiger partial charge is 0.443 e. The zero-order valence-electron chi connectivity index (χ0n) is 14.1. The molecule has 1 aromatic carbocycles. The Morgan fingerprint density at radius 1 is 1.17 bits per heavy atom. The second kappa shape index (κ2) is 5.95. The third-order valence-electron chi connectivity index (χ3n) is 3.51. The van der Waals surface area contributed by atoms with Crippen LogP contribution in [0.2, 0.25) is 5.15 Å². The predicted octanol–water partition coefficient (Wildman–Crippen LogP) is 5.45. The molecule has 0 aliphatic carbocycles. The summed E-state index contributed by atoms with van der Waals surface area (Å²) in [5.41, 5.74) is 2.66. The Hall–Kier alpha value is -2.33. The van der Waals surface area contributed by atoms with E-state index in [1.54, 1.807) is 6.07 Å². The summed E-state index contributed by atoms with van der Waals surface area (Å²) in [7, 11) is 0. The van der Waals surface area contributed by atoms with E-state index in [9.17, 15) is 4.79 Å². The molecule has 0 unspecified atom stereocenters. The molecule has 0 N–H and O–H groups in total. The van der Waals surface area contributed by atoms with Crippen molar-refractivity contribution >= 4 is 28.7 Å². The highest BCUT2D eigenvalue weighted by molar-refractivity contribution is 6.29. The maximum Gasteiger partial charge on any atom is 0.420 e. The van der Waals surface area contributed by atoms with Gasteiger partial charge >= 0.3 is 6.09 Å². The monoisotopic (exact) mass is 342 g/mol. The fraction of sp³-hybridized carbons (Fsp3) is 0.263. The number of halogens is 1. The number of pyridine rings is 1. The first-order chi connectivity index (χ1) is 11.2. The van der Waals surface area contributed by atoms with Gasteiger partial charge < -0.3 is 4.74 Å². The Kier molecular flexibility index (Phi) is 4.10. The van der Waals surface area contributed by atoms with Gasteiger partial charge in [-0.25, -0.2) is 14.3 Å². The van der Waals surface area contributed by atoms with Gasteiger partial charge in [0.2, 0.25) is 0 Å². The first-order valence-electron chi connectivity index (χ1n) is 7.73. The number of hydrogen-bond donors (Lipinski definition) is 0. The third-order valence-corrected chi connectivity index (χ3v) is 3.72. The minimum Gasteiger partial charge on any atom is -0.443 e. The van der Waals surface area contributed by atoms with E-state index >= 15 is 0 Å². The number of benzene rings is 1. The lowest BCUT2D eigenvalue weighted by atomic mass is 10.1. The van der Waals surface area contributed by atoms with Gasteiger partial charge in [-0.05, 0) is 57.5 Å². The molecule has 0 radical (unpaired) electrons. The van der Waals surface area contributed by atoms with Crippen LogP contribution in [0.1, 0.15) is 26.3 Å². The number of rotatable bonds is 1. The van der Waals surface area contributed by atoms with Crippen molar-refractivity contribution in [1.82, 2.24) is 9.55 Å². The van der Waals surface area contributed by atoms with Gasteiger partial charge in [-0.15, -0.1) is 0 Å². The first kappa shape index (κ1) is 16.5. The molecule has 24 heavy (non-hydrogen) atoms. The summed E-state index contributed by atoms with van der Waals surface area (Å²) in [4.78, 5) is 17.1. The molecule has 0 bridgehead atoms. The highest BCUT2D eigenvalue weighted by Crippen LogP contribution is 2.29. The van der Waals surface area contributed by atoms with E-state index < -0.39 is 11.7 Å². The van der Waals surface area contributed by atoms with Crippen LogP contribution in [0.4, 0.5) is 4.79 Å². The van der Waals surface area contributed by atoms with Crippen molar-refractivity contribution in [2.45, 2.75) is 33.3 Å². The number of nitrogens with zero attached hydrogens (tertiary/aromatic N) is 2. The molecular formula is C19H19ClN2O2. The maximum absolute atomic E-state index is 12.8. The molecule has 3 aromatic rings. The zero-order chi connectivity index (χ0) is 17.5. The second-order valence-electron chi connectivity index (χ2n) is 6.76. The van der Waals surface area contributed by atoms with Crippen molar-refractivity contribution in [2.24, 2.45) is 0 Å². The van der Waals surface area contributed by atoms with Crippen molar-refractivity contribution in [3.63, 3.8) is 0 Å². The molecule has 0 amide bonds. The molecule has 0 saturated heterocycles. The van der Waals surface area contributed by atoms with Gasteiger partial charge in [0.15, 0.2) is 5.65 Å². The number of aryl methyl sites for hydroxylation is 1. The number of aromatic nitrogens is 2. The number of carbonyl (C=O) groups is 1. The summed E-state index contributed by atoms with van der Waals surface area (Å²) in [6, 6.07) is 13.5. The van der Waals surface area contributed by atoms with Gasteiger partial charge in [0.05, 0.1) is 5.69 Å². The van der Waals surface area contributed by atoms with Crippen molar-refractivity contribution in [1.29, 1.82) is 0 Å². The molecule has 5 heteroatoms. The van der Waals surface area contributed by atoms with E-state index in [0.29, 0.717) is 10.8 Å². The molecule has 0 aliphatic heterocycles. The Bertz CT molecular complexity index is 923. The fourth-order valence-corrected chi connectivity index (χ4v) is 2.71. The van der Waals surface area contributed by atoms with Crippen LogP contribution in [0.3, 0.4) is 0 Å². The molecule has 0 atom stereocenters. The topological polar surface area (TPSA) is 44.1 Å². The Morgan fingerprint density at radius 2 is 1.92 bits per heavy atom. The lowest BCUT2D eigenvalue weighted by Gasteiger charge is -2.20. The minimum atomic E-state index is -0.601. The van der Waals surface area contributed by atoms with Gasteiger partial charge in [-0.3, -0.25) is 0 Å². The van der Waals surface area contributed by atoms with Gasteiger partial charge in [0.1, 0.15) is 10.8 Å². The van der Waals surface area contributed by atoms with Crippen molar-refractivity contribution in [3.05, 3.63) is 53.2 Å². The summed E-state index contributed by atoms with van der Waals surface area (Å²) in [5, 5.41) is 1.17. The SMILES string of the molecule is Cc1cccc(-c2cc3ccc(Cl)nc3n2C(=O)OC(C)(C)C)c1. The Balaban J connectivity index is 2.25. The first-order valence-corrected chi connectivity index (χ1v) is 8.11. The van der Waals surface area contributed by atoms with E-state index in [0.717, 1.165) is 22.2 Å². The van der Waals surface area contributed by atoms with Crippen molar-refractivity contribution in [3.8, 4) is 11.3 Å². The number of fused-ring (bicyclic) bond motifs is 1. The van der Waals surface area contributed by atoms with Gasteiger partial charge in [-0.1, -0.05) is 35.4 Å². The van der Waals surface area contributed by atoms with E-state index in [2.05, 4.69) is 4.98 Å². The summed E-state index contributed by atoms with van der Waals surface area (Å²) in [6.07, 6.45) is -0.469. The molecule has 0 saturated carbocycles. The summed E-state index contributed by atoms with van der Waals surface area (Å²) >= 11 is 6.03. The fourth-order valence-electron chi connectivity index (χ4n) is 2.56. The van der Waals surface area contributed by atoms with E-state index in [1.807, 2.05) is 64.1 Å². The maximum atomic E-state index is 12.8. The lowest BCUT2D eigenvalue weighted by molar-refractivity contribution is 0.0546. The predicted molar refractivity (Wildman–Crippen MR) is 96.5 cm³/mol. The molecule has 2 aromatic heterocycles. The molecule has 2 heterocycles. The number of ether oxygens (including phenoxy) is 1. The molecule has 0 aliphatic rings. The normalized spacial score (nSPS) is 11.7. The van der Waals surface area contributed by atoms with Crippen LogP contribution in [-0.4, -0.2) is 21.2 Å². The van der Waals surface area contributed by atoms with Crippen molar-refractivity contribution in [2.75, 3.05) is 0 Å². The second-order valence-corrected chi connectivity index (χ2v) is 7.15. The standard InChI is InChI=1S/C19H19ClN2O2/c1-12-6-5-7-13(10-12)15-11-14-8-9-16(20)21-17(14)22(15)18(23)24-19(2,3)4/h5-11H,1-4H3. The zero-order valence-corrected chi connectivity index (χ0v) is 14.9. The quantitative estimate of drug-likeness (QED) is 0.552. The Morgan fingerprint density at radius 3 is 2.58 bits per heavy atom. The van der Waals surface area contributed by atoms with Crippen LogP contribution in [-0.2, 0) is 4.74 Å². The molecular weight excluding hydrogens is 324 g/mol. The van der Waals surface area contributed by atoms with Crippen LogP contribution in [0.15, 0.2) is 42.5 Å². The van der Waals surface area contributed by atoms with E-state index in [4.69, 9.17) is 16.3 Å². The van der Waals surface area contributed by atoms with Crippen LogP contribution < -0.4 is 0 Å². The number of carbonyl (C=O) groups excluding carboxylic acids is 1. The minimum absolute atomic E-state index is 0.334. The third kappa shape index (κ3) is 3.29. The van der Waals surface area contributed by atoms with Crippen LogP contribution >= 0.6 is 11.6 Å². The number of hydrogen-bond acceptors (Lipinski definition) is 3. The van der Waals surface area contributed by atoms with E-state index in [1.165, 1.54) is 4.57 Å². The average molecular weight is 343 g/mol. The molecule has 0 fully saturated rings. The van der Waals surface area contributed by atoms with Gasteiger partial charge in [0.25, 0.3) is 0 Å². The molecule has 0 spiro atoms. The van der Waals surface area contributed by atoms with Crippen LogP contribution in [0.5, 0.6) is 0 Å². The van der Waals surface area contributed by atoms with Crippen LogP contribution in [0.25, 0.3) is 22.3 Å². The van der Waals surface area contributed by atoms with Crippen molar-refractivity contribution < 1.29 is 9.53 Å². The summed E-state index contributed by atoms with van der Waals surface area (Å²) in [5.74, 6) is 0. The van der Waals surface area contributed by atoms with E-state index in [-0.39, 0.29) is 0 Å². The lowest BCUT2D eigenvalue weighted by Crippen LogP contribution is -2.27. The van der Waals surface area contributed by atoms with Crippen LogP contribution in [0, 0.1) is 6.92 Å². The van der Waals surface area contributed by atoms with Gasteiger partial charge in [-0.2, -0.15) is 0 Å². The Labute approximate surface area is 146 Å². The average Bonchev–Trinajstić information content (AvgIpc) is 2.84. The molecule has 3 rings (SSSR count). The highest BCUT2D eigenvalue weighted by Gasteiger charge is 2.23. The van der Waals surface area contributed by atoms with Gasteiger partial charge in [0, 0.05) is 5.39 Å². The highest BCUT2D eigenvalue weighted by atomic mass is 35.5. The molecule has 4 nitrogen and oxygen atoms in total. The smallest absolute Gasteiger partial charge is 0.420 e. The summed E-state index contributed by atoms with van der Waals surface area (Å²) < 4.78 is 7.05. The molecule has 124 valence electrons.